The van der Waals surface area contributed by atoms with Crippen molar-refractivity contribution in [1.29, 1.82) is 0 Å². The van der Waals surface area contributed by atoms with Gasteiger partial charge in [-0.1, -0.05) is 12.1 Å². The molecule has 138 valence electrons. The Labute approximate surface area is 155 Å². The van der Waals surface area contributed by atoms with Gasteiger partial charge in [0.25, 0.3) is 11.5 Å². The summed E-state index contributed by atoms with van der Waals surface area (Å²) in [4.78, 5) is 37.1. The summed E-state index contributed by atoms with van der Waals surface area (Å²) in [5.74, 6) is 1.42. The summed E-state index contributed by atoms with van der Waals surface area (Å²) in [7, 11) is 0. The largest absolute Gasteiger partial charge is 0.436 e. The maximum absolute atomic E-state index is 13.2. The second-order valence-corrected chi connectivity index (χ2v) is 7.41. The molecule has 1 amide bonds. The van der Waals surface area contributed by atoms with E-state index in [0.717, 1.165) is 18.7 Å². The van der Waals surface area contributed by atoms with Crippen molar-refractivity contribution in [3.63, 3.8) is 0 Å². The van der Waals surface area contributed by atoms with Crippen molar-refractivity contribution in [1.82, 2.24) is 19.4 Å². The van der Waals surface area contributed by atoms with Gasteiger partial charge in [0, 0.05) is 25.9 Å². The first kappa shape index (κ1) is 16.2. The maximum atomic E-state index is 13.2. The Kier molecular flexibility index (Phi) is 3.47. The molecule has 4 heterocycles. The Morgan fingerprint density at radius 2 is 1.93 bits per heavy atom. The van der Waals surface area contributed by atoms with Crippen LogP contribution in [-0.4, -0.2) is 37.4 Å². The summed E-state index contributed by atoms with van der Waals surface area (Å²) >= 11 is 0. The molecule has 2 aromatic heterocycles. The van der Waals surface area contributed by atoms with Gasteiger partial charge in [-0.3, -0.25) is 14.2 Å². The summed E-state index contributed by atoms with van der Waals surface area (Å²) in [6.45, 7) is 4.00. The second kappa shape index (κ2) is 5.77. The maximum Gasteiger partial charge on any atom is 0.292 e. The predicted octanol–water partition coefficient (Wildman–Crippen LogP) is 2.23. The highest BCUT2D eigenvalue weighted by Crippen LogP contribution is 2.32. The van der Waals surface area contributed by atoms with E-state index in [9.17, 15) is 9.59 Å². The molecule has 2 aliphatic rings. The van der Waals surface area contributed by atoms with E-state index in [2.05, 4.69) is 4.98 Å². The Morgan fingerprint density at radius 3 is 2.70 bits per heavy atom. The molecule has 0 unspecified atom stereocenters. The van der Waals surface area contributed by atoms with E-state index in [1.165, 1.54) is 0 Å². The zero-order chi connectivity index (χ0) is 18.7. The lowest BCUT2D eigenvalue weighted by molar-refractivity contribution is 0.0630. The van der Waals surface area contributed by atoms with Gasteiger partial charge in [0.1, 0.15) is 5.82 Å². The van der Waals surface area contributed by atoms with Crippen molar-refractivity contribution in [2.75, 3.05) is 0 Å². The molecule has 2 atom stereocenters. The van der Waals surface area contributed by atoms with Crippen molar-refractivity contribution >= 4 is 16.8 Å². The molecule has 7 nitrogen and oxygen atoms in total. The number of benzene rings is 1. The first-order valence-corrected chi connectivity index (χ1v) is 9.28. The lowest BCUT2D eigenvalue weighted by Gasteiger charge is -2.26. The molecule has 5 rings (SSSR count). The van der Waals surface area contributed by atoms with Gasteiger partial charge >= 0.3 is 0 Å². The van der Waals surface area contributed by atoms with Gasteiger partial charge in [0.2, 0.25) is 5.76 Å². The smallest absolute Gasteiger partial charge is 0.292 e. The van der Waals surface area contributed by atoms with Gasteiger partial charge in [0.15, 0.2) is 5.89 Å². The van der Waals surface area contributed by atoms with E-state index in [1.54, 1.807) is 18.4 Å². The summed E-state index contributed by atoms with van der Waals surface area (Å²) in [6, 6.07) is 7.41. The minimum absolute atomic E-state index is 0.0223. The van der Waals surface area contributed by atoms with E-state index in [-0.39, 0.29) is 23.6 Å². The summed E-state index contributed by atoms with van der Waals surface area (Å²) < 4.78 is 7.33. The van der Waals surface area contributed by atoms with Gasteiger partial charge in [-0.15, -0.1) is 0 Å². The van der Waals surface area contributed by atoms with Crippen LogP contribution in [0.1, 0.15) is 40.8 Å². The highest BCUT2D eigenvalue weighted by Gasteiger charge is 2.42. The first-order valence-electron chi connectivity index (χ1n) is 9.28. The molecule has 0 radical (unpaired) electrons. The van der Waals surface area contributed by atoms with Gasteiger partial charge in [0.05, 0.1) is 22.6 Å². The number of para-hydroxylation sites is 1. The number of oxazole rings is 1. The van der Waals surface area contributed by atoms with E-state index in [0.29, 0.717) is 41.2 Å². The van der Waals surface area contributed by atoms with Crippen molar-refractivity contribution < 1.29 is 9.21 Å². The summed E-state index contributed by atoms with van der Waals surface area (Å²) in [5.41, 5.74) is 1.30. The number of hydrogen-bond donors (Lipinski definition) is 0. The fraction of sp³-hybridized carbons (Fsp3) is 0.400. The number of carbonyl (C=O) groups excluding carboxylic acids is 1. The third-order valence-corrected chi connectivity index (χ3v) is 5.70. The van der Waals surface area contributed by atoms with Crippen molar-refractivity contribution in [2.45, 2.75) is 51.7 Å². The second-order valence-electron chi connectivity index (χ2n) is 7.41. The fourth-order valence-corrected chi connectivity index (χ4v) is 4.50. The minimum Gasteiger partial charge on any atom is -0.436 e. The third-order valence-electron chi connectivity index (χ3n) is 5.70. The van der Waals surface area contributed by atoms with Crippen molar-refractivity contribution in [3.05, 3.63) is 57.8 Å². The zero-order valence-corrected chi connectivity index (χ0v) is 15.3. The number of aryl methyl sites for hydroxylation is 2. The molecule has 1 saturated heterocycles. The van der Waals surface area contributed by atoms with E-state index in [4.69, 9.17) is 9.40 Å². The lowest BCUT2D eigenvalue weighted by Crippen LogP contribution is -2.42. The van der Waals surface area contributed by atoms with Gasteiger partial charge in [-0.05, 0) is 31.9 Å². The van der Waals surface area contributed by atoms with Crippen LogP contribution in [0.4, 0.5) is 0 Å². The zero-order valence-electron chi connectivity index (χ0n) is 15.3. The van der Waals surface area contributed by atoms with Gasteiger partial charge in [-0.2, -0.15) is 0 Å². The molecule has 1 aromatic carbocycles. The highest BCUT2D eigenvalue weighted by atomic mass is 16.4. The number of aromatic nitrogens is 3. The first-order chi connectivity index (χ1) is 13.0. The number of hydrogen-bond acceptors (Lipinski definition) is 5. The predicted molar refractivity (Wildman–Crippen MR) is 98.7 cm³/mol. The molecule has 0 N–H and O–H groups in total. The molecule has 0 saturated carbocycles. The number of amides is 1. The number of nitrogens with zero attached hydrogens (tertiary/aromatic N) is 4. The Morgan fingerprint density at radius 1 is 1.15 bits per heavy atom. The molecule has 3 aromatic rings. The van der Waals surface area contributed by atoms with Crippen LogP contribution >= 0.6 is 0 Å². The van der Waals surface area contributed by atoms with Crippen molar-refractivity contribution in [3.8, 4) is 0 Å². The summed E-state index contributed by atoms with van der Waals surface area (Å²) in [6.07, 6.45) is 2.36. The lowest BCUT2D eigenvalue weighted by atomic mass is 10.1. The molecular weight excluding hydrogens is 344 g/mol. The van der Waals surface area contributed by atoms with Crippen LogP contribution in [0.5, 0.6) is 0 Å². The third kappa shape index (κ3) is 2.41. The number of rotatable bonds is 1. The van der Waals surface area contributed by atoms with Crippen LogP contribution in [-0.2, 0) is 13.0 Å². The fourth-order valence-electron chi connectivity index (χ4n) is 4.50. The molecule has 2 bridgehead atoms. The Bertz CT molecular complexity index is 1130. The highest BCUT2D eigenvalue weighted by molar-refractivity contribution is 5.93. The molecular formula is C20H20N4O3. The summed E-state index contributed by atoms with van der Waals surface area (Å²) in [5, 5.41) is 0.624. The van der Waals surface area contributed by atoms with Gasteiger partial charge in [-0.25, -0.2) is 9.97 Å². The van der Waals surface area contributed by atoms with Crippen LogP contribution in [0.2, 0.25) is 0 Å². The van der Waals surface area contributed by atoms with Crippen LogP contribution in [0.25, 0.3) is 10.9 Å². The van der Waals surface area contributed by atoms with E-state index >= 15 is 0 Å². The Balaban J connectivity index is 1.59. The average molecular weight is 364 g/mol. The number of carbonyl (C=O) groups is 1. The van der Waals surface area contributed by atoms with Crippen LogP contribution in [0.15, 0.2) is 33.5 Å². The van der Waals surface area contributed by atoms with Crippen LogP contribution in [0.3, 0.4) is 0 Å². The molecule has 1 fully saturated rings. The molecule has 0 aliphatic carbocycles. The monoisotopic (exact) mass is 364 g/mol. The molecule has 0 spiro atoms. The number of fused-ring (bicyclic) bond motifs is 4. The quantitative estimate of drug-likeness (QED) is 0.661. The SMILES string of the molecule is Cc1nc(C)c(C(=O)N2[C@H]3CC[C@H]2Cn2c(nc4ccccc4c2=O)C3)o1. The molecule has 7 heteroatoms. The standard InChI is InChI=1S/C20H20N4O3/c1-11-18(27-12(2)21-11)20(26)24-13-7-8-14(24)10-23-17(9-13)22-16-6-4-3-5-15(16)19(23)25/h3-6,13-14H,7-10H2,1-2H3/t13-,14-/m0/s1. The van der Waals surface area contributed by atoms with Gasteiger partial charge < -0.3 is 9.32 Å². The molecule has 2 aliphatic heterocycles. The Hall–Kier alpha value is -2.96. The molecule has 27 heavy (non-hydrogen) atoms. The van der Waals surface area contributed by atoms with E-state index < -0.39 is 0 Å². The van der Waals surface area contributed by atoms with Crippen LogP contribution < -0.4 is 5.56 Å². The topological polar surface area (TPSA) is 81.2 Å². The minimum atomic E-state index is -0.133. The van der Waals surface area contributed by atoms with E-state index in [1.807, 2.05) is 29.2 Å². The van der Waals surface area contributed by atoms with Crippen LogP contribution in [0, 0.1) is 13.8 Å². The normalized spacial score (nSPS) is 21.3. The average Bonchev–Trinajstić information content (AvgIpc) is 3.13. The van der Waals surface area contributed by atoms with Crippen molar-refractivity contribution in [2.24, 2.45) is 0 Å².